The lowest BCUT2D eigenvalue weighted by molar-refractivity contribution is 0.574. The van der Waals surface area contributed by atoms with E-state index < -0.39 is 11.6 Å². The van der Waals surface area contributed by atoms with Gasteiger partial charge in [-0.15, -0.1) is 11.8 Å². The van der Waals surface area contributed by atoms with Crippen molar-refractivity contribution in [1.29, 1.82) is 0 Å². The number of fused-ring (bicyclic) bond motifs is 1. The Labute approximate surface area is 131 Å². The molecule has 0 saturated heterocycles. The third-order valence-electron chi connectivity index (χ3n) is 3.61. The fourth-order valence-corrected chi connectivity index (χ4v) is 3.76. The summed E-state index contributed by atoms with van der Waals surface area (Å²) in [5.74, 6) is -0.196. The van der Waals surface area contributed by atoms with Crippen molar-refractivity contribution >= 4 is 29.1 Å². The molecule has 1 atom stereocenters. The van der Waals surface area contributed by atoms with E-state index in [9.17, 15) is 8.78 Å². The van der Waals surface area contributed by atoms with Crippen molar-refractivity contribution in [3.63, 3.8) is 0 Å². The summed E-state index contributed by atoms with van der Waals surface area (Å²) in [4.78, 5) is 1.11. The zero-order chi connectivity index (χ0) is 15.0. The average molecular weight is 326 g/mol. The molecule has 1 N–H and O–H groups in total. The van der Waals surface area contributed by atoms with Crippen LogP contribution in [0.1, 0.15) is 23.6 Å². The lowest BCUT2D eigenvalue weighted by Gasteiger charge is -2.27. The van der Waals surface area contributed by atoms with E-state index in [0.29, 0.717) is 10.6 Å². The van der Waals surface area contributed by atoms with E-state index in [2.05, 4.69) is 5.32 Å². The SMILES string of the molecule is Cc1ccc(F)c(NC2CCSc3ccc(Cl)cc32)c1F. The number of benzene rings is 2. The molecule has 0 fully saturated rings. The Morgan fingerprint density at radius 2 is 2.05 bits per heavy atom. The molecule has 1 aliphatic rings. The number of halogens is 3. The molecule has 1 heterocycles. The van der Waals surface area contributed by atoms with Crippen LogP contribution in [0.2, 0.25) is 5.02 Å². The van der Waals surface area contributed by atoms with Crippen LogP contribution in [0.5, 0.6) is 0 Å². The highest BCUT2D eigenvalue weighted by Gasteiger charge is 2.23. The summed E-state index contributed by atoms with van der Waals surface area (Å²) in [6, 6.07) is 8.26. The molecular formula is C16H14ClF2NS. The van der Waals surface area contributed by atoms with Crippen LogP contribution in [0.3, 0.4) is 0 Å². The van der Waals surface area contributed by atoms with Crippen LogP contribution >= 0.6 is 23.4 Å². The first kappa shape index (κ1) is 14.7. The Kier molecular flexibility index (Phi) is 4.09. The molecule has 1 nitrogen and oxygen atoms in total. The van der Waals surface area contributed by atoms with Crippen LogP contribution in [0.15, 0.2) is 35.2 Å². The van der Waals surface area contributed by atoms with Crippen molar-refractivity contribution in [1.82, 2.24) is 0 Å². The molecule has 0 saturated carbocycles. The van der Waals surface area contributed by atoms with E-state index in [1.54, 1.807) is 18.7 Å². The van der Waals surface area contributed by atoms with Gasteiger partial charge in [0.1, 0.15) is 11.5 Å². The van der Waals surface area contributed by atoms with Crippen LogP contribution in [0, 0.1) is 18.6 Å². The van der Waals surface area contributed by atoms with Gasteiger partial charge in [-0.25, -0.2) is 8.78 Å². The molecule has 2 aromatic rings. The largest absolute Gasteiger partial charge is 0.373 e. The van der Waals surface area contributed by atoms with Gasteiger partial charge in [0.05, 0.1) is 6.04 Å². The van der Waals surface area contributed by atoms with Gasteiger partial charge in [0.25, 0.3) is 0 Å². The van der Waals surface area contributed by atoms with Crippen LogP contribution in [0.4, 0.5) is 14.5 Å². The van der Waals surface area contributed by atoms with Crippen LogP contribution < -0.4 is 5.32 Å². The Bertz CT molecular complexity index is 690. The van der Waals surface area contributed by atoms with Gasteiger partial charge in [0.2, 0.25) is 0 Å². The number of hydrogen-bond donors (Lipinski definition) is 1. The maximum atomic E-state index is 14.1. The molecule has 0 radical (unpaired) electrons. The molecular weight excluding hydrogens is 312 g/mol. The van der Waals surface area contributed by atoms with Crippen molar-refractivity contribution in [3.05, 3.63) is 58.1 Å². The predicted molar refractivity (Wildman–Crippen MR) is 84.3 cm³/mol. The quantitative estimate of drug-likeness (QED) is 0.774. The number of aryl methyl sites for hydroxylation is 1. The second-order valence-corrected chi connectivity index (χ2v) is 6.64. The normalized spacial score (nSPS) is 17.4. The van der Waals surface area contributed by atoms with Crippen LogP contribution in [0.25, 0.3) is 0 Å². The second-order valence-electron chi connectivity index (χ2n) is 5.07. The highest BCUT2D eigenvalue weighted by molar-refractivity contribution is 7.99. The minimum Gasteiger partial charge on any atom is -0.373 e. The summed E-state index contributed by atoms with van der Waals surface area (Å²) < 4.78 is 28.0. The lowest BCUT2D eigenvalue weighted by Crippen LogP contribution is -2.18. The Balaban J connectivity index is 1.98. The first-order valence-corrected chi connectivity index (χ1v) is 8.06. The Morgan fingerprint density at radius 3 is 2.86 bits per heavy atom. The summed E-state index contributed by atoms with van der Waals surface area (Å²) in [5, 5.41) is 3.65. The third kappa shape index (κ3) is 2.87. The van der Waals surface area contributed by atoms with Crippen LogP contribution in [-0.2, 0) is 0 Å². The van der Waals surface area contributed by atoms with Gasteiger partial charge in [0, 0.05) is 15.7 Å². The molecule has 0 spiro atoms. The van der Waals surface area contributed by atoms with Crippen molar-refractivity contribution in [2.24, 2.45) is 0 Å². The number of thioether (sulfide) groups is 1. The van der Waals surface area contributed by atoms with E-state index >= 15 is 0 Å². The Hall–Kier alpha value is -1.26. The van der Waals surface area contributed by atoms with Gasteiger partial charge in [-0.1, -0.05) is 17.7 Å². The Morgan fingerprint density at radius 1 is 1.24 bits per heavy atom. The van der Waals surface area contributed by atoms with Gasteiger partial charge >= 0.3 is 0 Å². The number of hydrogen-bond acceptors (Lipinski definition) is 2. The van der Waals surface area contributed by atoms with Crippen molar-refractivity contribution < 1.29 is 8.78 Å². The average Bonchev–Trinajstić information content (AvgIpc) is 2.48. The zero-order valence-electron chi connectivity index (χ0n) is 11.4. The monoisotopic (exact) mass is 325 g/mol. The third-order valence-corrected chi connectivity index (χ3v) is 4.97. The minimum atomic E-state index is -0.570. The molecule has 1 unspecified atom stereocenters. The molecule has 0 aromatic heterocycles. The minimum absolute atomic E-state index is 0.0576. The number of anilines is 1. The molecule has 110 valence electrons. The van der Waals surface area contributed by atoms with Crippen LogP contribution in [-0.4, -0.2) is 5.75 Å². The van der Waals surface area contributed by atoms with Gasteiger partial charge in [0.15, 0.2) is 5.82 Å². The summed E-state index contributed by atoms with van der Waals surface area (Å²) in [6.07, 6.45) is 0.796. The predicted octanol–water partition coefficient (Wildman–Crippen LogP) is 5.58. The topological polar surface area (TPSA) is 12.0 Å². The lowest BCUT2D eigenvalue weighted by atomic mass is 10.0. The molecule has 21 heavy (non-hydrogen) atoms. The van der Waals surface area contributed by atoms with E-state index in [-0.39, 0.29) is 11.7 Å². The smallest absolute Gasteiger partial charge is 0.152 e. The summed E-state index contributed by atoms with van der Waals surface area (Å²) in [7, 11) is 0. The first-order chi connectivity index (χ1) is 10.1. The summed E-state index contributed by atoms with van der Waals surface area (Å²) >= 11 is 7.78. The fraction of sp³-hybridized carbons (Fsp3) is 0.250. The molecule has 3 rings (SSSR count). The number of nitrogens with one attached hydrogen (secondary N) is 1. The van der Waals surface area contributed by atoms with Gasteiger partial charge in [-0.3, -0.25) is 0 Å². The second kappa shape index (κ2) is 5.85. The highest BCUT2D eigenvalue weighted by atomic mass is 35.5. The molecule has 0 amide bonds. The molecule has 0 bridgehead atoms. The van der Waals surface area contributed by atoms with Crippen molar-refractivity contribution in [3.8, 4) is 0 Å². The van der Waals surface area contributed by atoms with Gasteiger partial charge < -0.3 is 5.32 Å². The van der Waals surface area contributed by atoms with Crippen molar-refractivity contribution in [2.75, 3.05) is 11.1 Å². The zero-order valence-corrected chi connectivity index (χ0v) is 13.0. The summed E-state index contributed by atoms with van der Waals surface area (Å²) in [6.45, 7) is 1.63. The standard InChI is InChI=1S/C16H14ClF2NS/c1-9-2-4-12(18)16(15(9)19)20-13-6-7-21-14-5-3-10(17)8-11(13)14/h2-5,8,13,20H,6-7H2,1H3. The fourth-order valence-electron chi connectivity index (χ4n) is 2.48. The van der Waals surface area contributed by atoms with E-state index in [1.807, 2.05) is 18.2 Å². The van der Waals surface area contributed by atoms with Gasteiger partial charge in [-0.2, -0.15) is 0 Å². The van der Waals surface area contributed by atoms with E-state index in [4.69, 9.17) is 11.6 Å². The maximum absolute atomic E-state index is 14.1. The molecule has 2 aromatic carbocycles. The molecule has 5 heteroatoms. The highest BCUT2D eigenvalue weighted by Crippen LogP contribution is 2.40. The first-order valence-electron chi connectivity index (χ1n) is 6.69. The van der Waals surface area contributed by atoms with Crippen molar-refractivity contribution in [2.45, 2.75) is 24.3 Å². The van der Waals surface area contributed by atoms with E-state index in [1.165, 1.54) is 12.1 Å². The molecule has 0 aliphatic carbocycles. The molecule has 1 aliphatic heterocycles. The van der Waals surface area contributed by atoms with E-state index in [0.717, 1.165) is 22.6 Å². The van der Waals surface area contributed by atoms with Gasteiger partial charge in [-0.05, 0) is 48.7 Å². The maximum Gasteiger partial charge on any atom is 0.152 e. The number of rotatable bonds is 2. The summed E-state index contributed by atoms with van der Waals surface area (Å²) in [5.41, 5.74) is 1.37.